The van der Waals surface area contributed by atoms with Gasteiger partial charge in [-0.1, -0.05) is 25.1 Å². The van der Waals surface area contributed by atoms with E-state index in [0.717, 1.165) is 10.9 Å². The van der Waals surface area contributed by atoms with E-state index in [0.29, 0.717) is 12.2 Å². The van der Waals surface area contributed by atoms with Gasteiger partial charge in [-0.25, -0.2) is 0 Å². The monoisotopic (exact) mass is 290 g/mol. The van der Waals surface area contributed by atoms with E-state index in [1.54, 1.807) is 18.9 Å². The van der Waals surface area contributed by atoms with Gasteiger partial charge in [0.25, 0.3) is 5.91 Å². The van der Waals surface area contributed by atoms with Crippen molar-refractivity contribution in [1.82, 2.24) is 9.47 Å². The van der Waals surface area contributed by atoms with E-state index in [1.165, 1.54) is 0 Å². The summed E-state index contributed by atoms with van der Waals surface area (Å²) in [6.45, 7) is 1.70. The summed E-state index contributed by atoms with van der Waals surface area (Å²) in [6, 6.07) is 9.68. The highest BCUT2D eigenvalue weighted by atomic mass is 16.3. The SMILES string of the molecule is CN(CC(C)(CO)CO)C(=O)c1cc2ccccc2n1C. The van der Waals surface area contributed by atoms with Gasteiger partial charge in [0.2, 0.25) is 0 Å². The van der Waals surface area contributed by atoms with Crippen molar-refractivity contribution in [3.8, 4) is 0 Å². The first-order valence-corrected chi connectivity index (χ1v) is 6.93. The molecule has 0 saturated carbocycles. The zero-order valence-corrected chi connectivity index (χ0v) is 12.7. The molecular formula is C16H22N2O3. The summed E-state index contributed by atoms with van der Waals surface area (Å²) < 4.78 is 1.86. The third-order valence-electron chi connectivity index (χ3n) is 3.90. The molecule has 0 aliphatic rings. The zero-order valence-electron chi connectivity index (χ0n) is 12.7. The smallest absolute Gasteiger partial charge is 0.270 e. The number of aryl methyl sites for hydroxylation is 1. The number of fused-ring (bicyclic) bond motifs is 1. The van der Waals surface area contributed by atoms with Crippen LogP contribution >= 0.6 is 0 Å². The zero-order chi connectivity index (χ0) is 15.6. The Balaban J connectivity index is 2.28. The maximum atomic E-state index is 12.6. The van der Waals surface area contributed by atoms with Crippen LogP contribution in [0, 0.1) is 5.41 Å². The van der Waals surface area contributed by atoms with Crippen LogP contribution in [-0.2, 0) is 7.05 Å². The summed E-state index contributed by atoms with van der Waals surface area (Å²) in [5.41, 5.74) is 0.896. The van der Waals surface area contributed by atoms with Gasteiger partial charge in [0, 0.05) is 37.0 Å². The van der Waals surface area contributed by atoms with E-state index >= 15 is 0 Å². The highest BCUT2D eigenvalue weighted by Gasteiger charge is 2.27. The number of para-hydroxylation sites is 1. The number of carbonyl (C=O) groups is 1. The van der Waals surface area contributed by atoms with Crippen molar-refractivity contribution < 1.29 is 15.0 Å². The molecule has 1 amide bonds. The Bertz CT molecular complexity index is 644. The molecule has 5 heteroatoms. The third kappa shape index (κ3) is 2.94. The molecule has 0 bridgehead atoms. The molecule has 0 fully saturated rings. The number of rotatable bonds is 5. The second-order valence-electron chi connectivity index (χ2n) is 5.94. The van der Waals surface area contributed by atoms with E-state index in [1.807, 2.05) is 41.9 Å². The van der Waals surface area contributed by atoms with Crippen LogP contribution in [0.4, 0.5) is 0 Å². The van der Waals surface area contributed by atoms with E-state index in [4.69, 9.17) is 0 Å². The van der Waals surface area contributed by atoms with Crippen LogP contribution < -0.4 is 0 Å². The summed E-state index contributed by atoms with van der Waals surface area (Å²) >= 11 is 0. The van der Waals surface area contributed by atoms with Gasteiger partial charge in [0.15, 0.2) is 0 Å². The van der Waals surface area contributed by atoms with Gasteiger partial charge in [0.1, 0.15) is 5.69 Å². The van der Waals surface area contributed by atoms with Crippen LogP contribution in [0.3, 0.4) is 0 Å². The maximum absolute atomic E-state index is 12.6. The molecular weight excluding hydrogens is 268 g/mol. The molecule has 2 aromatic rings. The summed E-state index contributed by atoms with van der Waals surface area (Å²) in [7, 11) is 3.55. The minimum atomic E-state index is -0.699. The lowest BCUT2D eigenvalue weighted by atomic mass is 9.92. The number of carbonyl (C=O) groups excluding carboxylic acids is 1. The number of hydrogen-bond acceptors (Lipinski definition) is 3. The van der Waals surface area contributed by atoms with E-state index in [-0.39, 0.29) is 19.1 Å². The Hall–Kier alpha value is -1.85. The topological polar surface area (TPSA) is 65.7 Å². The Kier molecular flexibility index (Phi) is 4.34. The predicted molar refractivity (Wildman–Crippen MR) is 82.2 cm³/mol. The molecule has 0 radical (unpaired) electrons. The average Bonchev–Trinajstić information content (AvgIpc) is 2.84. The summed E-state index contributed by atoms with van der Waals surface area (Å²) in [4.78, 5) is 14.1. The number of aromatic nitrogens is 1. The number of nitrogens with zero attached hydrogens (tertiary/aromatic N) is 2. The number of aliphatic hydroxyl groups is 2. The average molecular weight is 290 g/mol. The molecule has 0 spiro atoms. The Morgan fingerprint density at radius 3 is 2.48 bits per heavy atom. The third-order valence-corrected chi connectivity index (χ3v) is 3.90. The predicted octanol–water partition coefficient (Wildman–Crippen LogP) is 1.24. The maximum Gasteiger partial charge on any atom is 0.270 e. The van der Waals surface area contributed by atoms with E-state index in [2.05, 4.69) is 0 Å². The first-order chi connectivity index (χ1) is 9.91. The van der Waals surface area contributed by atoms with Crippen LogP contribution in [0.25, 0.3) is 10.9 Å². The Labute approximate surface area is 124 Å². The van der Waals surface area contributed by atoms with Crippen LogP contribution in [0.1, 0.15) is 17.4 Å². The molecule has 0 unspecified atom stereocenters. The highest BCUT2D eigenvalue weighted by Crippen LogP contribution is 2.21. The first-order valence-electron chi connectivity index (χ1n) is 6.93. The van der Waals surface area contributed by atoms with Crippen molar-refractivity contribution >= 4 is 16.8 Å². The second-order valence-corrected chi connectivity index (χ2v) is 5.94. The lowest BCUT2D eigenvalue weighted by Gasteiger charge is -2.30. The van der Waals surface area contributed by atoms with Gasteiger partial charge in [0.05, 0.1) is 13.2 Å². The lowest BCUT2D eigenvalue weighted by molar-refractivity contribution is 0.0362. The fourth-order valence-electron chi connectivity index (χ4n) is 2.48. The molecule has 2 N–H and O–H groups in total. The number of aliphatic hydroxyl groups excluding tert-OH is 2. The Morgan fingerprint density at radius 1 is 1.29 bits per heavy atom. The van der Waals surface area contributed by atoms with Crippen molar-refractivity contribution in [2.45, 2.75) is 6.92 Å². The largest absolute Gasteiger partial charge is 0.396 e. The van der Waals surface area contributed by atoms with Gasteiger partial charge in [-0.3, -0.25) is 4.79 Å². The molecule has 0 saturated heterocycles. The van der Waals surface area contributed by atoms with Crippen LogP contribution in [-0.4, -0.2) is 52.4 Å². The van der Waals surface area contributed by atoms with Crippen LogP contribution in [0.5, 0.6) is 0 Å². The summed E-state index contributed by atoms with van der Waals surface area (Å²) in [5, 5.41) is 19.7. The highest BCUT2D eigenvalue weighted by molar-refractivity contribution is 5.98. The van der Waals surface area contributed by atoms with Crippen LogP contribution in [0.15, 0.2) is 30.3 Å². The molecule has 114 valence electrons. The van der Waals surface area contributed by atoms with Crippen molar-refractivity contribution in [3.05, 3.63) is 36.0 Å². The minimum Gasteiger partial charge on any atom is -0.396 e. The summed E-state index contributed by atoms with van der Waals surface area (Å²) in [5.74, 6) is -0.123. The van der Waals surface area contributed by atoms with Gasteiger partial charge < -0.3 is 19.7 Å². The normalized spacial score (nSPS) is 11.9. The first kappa shape index (κ1) is 15.5. The van der Waals surface area contributed by atoms with Gasteiger partial charge in [-0.15, -0.1) is 0 Å². The standard InChI is InChI=1S/C16H22N2O3/c1-16(10-19,11-20)9-17(2)15(21)14-8-12-6-4-5-7-13(12)18(14)3/h4-8,19-20H,9-11H2,1-3H3. The molecule has 0 aliphatic heterocycles. The van der Waals surface area contributed by atoms with Gasteiger partial charge in [-0.05, 0) is 12.1 Å². The minimum absolute atomic E-state index is 0.123. The molecule has 1 aromatic carbocycles. The van der Waals surface area contributed by atoms with Crippen molar-refractivity contribution in [3.63, 3.8) is 0 Å². The van der Waals surface area contributed by atoms with Crippen molar-refractivity contribution in [2.24, 2.45) is 12.5 Å². The fraction of sp³-hybridized carbons (Fsp3) is 0.438. The quantitative estimate of drug-likeness (QED) is 0.871. The van der Waals surface area contributed by atoms with Gasteiger partial charge in [-0.2, -0.15) is 0 Å². The molecule has 1 aromatic heterocycles. The Morgan fingerprint density at radius 2 is 1.90 bits per heavy atom. The fourth-order valence-corrected chi connectivity index (χ4v) is 2.48. The summed E-state index contributed by atoms with van der Waals surface area (Å²) in [6.07, 6.45) is 0. The molecule has 21 heavy (non-hydrogen) atoms. The molecule has 1 heterocycles. The van der Waals surface area contributed by atoms with Crippen molar-refractivity contribution in [2.75, 3.05) is 26.8 Å². The van der Waals surface area contributed by atoms with Gasteiger partial charge >= 0.3 is 0 Å². The lowest BCUT2D eigenvalue weighted by Crippen LogP contribution is -2.42. The van der Waals surface area contributed by atoms with E-state index < -0.39 is 5.41 Å². The van der Waals surface area contributed by atoms with Crippen molar-refractivity contribution in [1.29, 1.82) is 0 Å². The number of hydrogen-bond donors (Lipinski definition) is 2. The number of amides is 1. The second kappa shape index (κ2) is 5.87. The molecule has 0 atom stereocenters. The number of benzene rings is 1. The van der Waals surface area contributed by atoms with Crippen LogP contribution in [0.2, 0.25) is 0 Å². The molecule has 0 aliphatic carbocycles. The van der Waals surface area contributed by atoms with E-state index in [9.17, 15) is 15.0 Å². The molecule has 5 nitrogen and oxygen atoms in total. The molecule has 2 rings (SSSR count).